The number of methoxy groups -OCH3 is 1. The number of aryl methyl sites for hydroxylation is 1. The Morgan fingerprint density at radius 1 is 1.21 bits per heavy atom. The van der Waals surface area contributed by atoms with Crippen molar-refractivity contribution in [3.05, 3.63) is 65.3 Å². The van der Waals surface area contributed by atoms with Crippen LogP contribution in [0.3, 0.4) is 0 Å². The summed E-state index contributed by atoms with van der Waals surface area (Å²) in [5.41, 5.74) is 2.90. The Hall–Kier alpha value is -5.08. The predicted molar refractivity (Wildman–Crippen MR) is 159 cm³/mol. The molecule has 0 saturated heterocycles. The van der Waals surface area contributed by atoms with Crippen LogP contribution < -0.4 is 16.0 Å². The molecule has 1 atom stereocenters. The molecule has 0 saturated carbocycles. The number of hydrogen-bond acceptors (Lipinski definition) is 9. The summed E-state index contributed by atoms with van der Waals surface area (Å²) in [7, 11) is 1.22. The number of aliphatic hydroxyl groups excluding tert-OH is 1. The van der Waals surface area contributed by atoms with Gasteiger partial charge in [0.25, 0.3) is 0 Å². The summed E-state index contributed by atoms with van der Waals surface area (Å²) < 4.78 is 6.17. The first-order valence-electron chi connectivity index (χ1n) is 13.4. The van der Waals surface area contributed by atoms with Gasteiger partial charge in [-0.15, -0.1) is 5.10 Å². The number of benzene rings is 2. The lowest BCUT2D eigenvalue weighted by atomic mass is 10.0. The number of imidazole rings is 1. The number of anilines is 3. The van der Waals surface area contributed by atoms with Gasteiger partial charge >= 0.3 is 6.09 Å². The van der Waals surface area contributed by atoms with Gasteiger partial charge in [0, 0.05) is 34.3 Å². The number of aromatic amines is 1. The van der Waals surface area contributed by atoms with E-state index >= 15 is 0 Å². The molecule has 0 radical (unpaired) electrons. The lowest BCUT2D eigenvalue weighted by molar-refractivity contribution is -0.118. The van der Waals surface area contributed by atoms with Gasteiger partial charge in [-0.1, -0.05) is 18.0 Å². The Bertz CT molecular complexity index is 1670. The van der Waals surface area contributed by atoms with Crippen molar-refractivity contribution < 1.29 is 24.2 Å². The minimum Gasteiger partial charge on any atom is -0.453 e. The molecule has 0 unspecified atom stereocenters. The molecule has 0 fully saturated rings. The van der Waals surface area contributed by atoms with Gasteiger partial charge in [0.1, 0.15) is 12.2 Å². The average Bonchev–Trinajstić information content (AvgIpc) is 3.67. The number of hydrogen-bond donors (Lipinski definition) is 5. The summed E-state index contributed by atoms with van der Waals surface area (Å²) >= 11 is 6.20. The van der Waals surface area contributed by atoms with Crippen LogP contribution in [0.4, 0.5) is 21.9 Å². The van der Waals surface area contributed by atoms with Crippen molar-refractivity contribution in [3.63, 3.8) is 0 Å². The number of rotatable bonds is 5. The number of carbonyl (C=O) groups excluding carboxylic acids is 3. The van der Waals surface area contributed by atoms with Crippen molar-refractivity contribution in [1.29, 1.82) is 0 Å². The van der Waals surface area contributed by atoms with Crippen molar-refractivity contribution in [1.82, 2.24) is 30.2 Å². The molecular weight excluding hydrogens is 578 g/mol. The van der Waals surface area contributed by atoms with Crippen molar-refractivity contribution in [2.75, 3.05) is 23.1 Å². The molecule has 1 aliphatic rings. The number of ether oxygens (including phenoxy) is 1. The monoisotopic (exact) mass is 605 g/mol. The van der Waals surface area contributed by atoms with E-state index in [1.165, 1.54) is 36.3 Å². The van der Waals surface area contributed by atoms with E-state index < -0.39 is 24.0 Å². The number of aliphatic hydroxyl groups is 1. The van der Waals surface area contributed by atoms with E-state index in [-0.39, 0.29) is 23.5 Å². The maximum atomic E-state index is 13.3. The maximum absolute atomic E-state index is 13.3. The molecule has 3 amide bonds. The molecule has 3 heterocycles. The van der Waals surface area contributed by atoms with E-state index in [0.717, 1.165) is 12.8 Å². The van der Waals surface area contributed by atoms with Crippen LogP contribution >= 0.6 is 11.6 Å². The topological polar surface area (TPSA) is 189 Å². The number of aromatic nitrogens is 6. The second kappa shape index (κ2) is 13.3. The van der Waals surface area contributed by atoms with Crippen molar-refractivity contribution >= 4 is 52.6 Å². The van der Waals surface area contributed by atoms with Crippen LogP contribution in [-0.2, 0) is 20.7 Å². The van der Waals surface area contributed by atoms with Gasteiger partial charge in [0.2, 0.25) is 11.8 Å². The van der Waals surface area contributed by atoms with Gasteiger partial charge in [-0.3, -0.25) is 14.9 Å². The fourth-order valence-electron chi connectivity index (χ4n) is 4.66. The van der Waals surface area contributed by atoms with Gasteiger partial charge in [0.15, 0.2) is 0 Å². The molecule has 5 N–H and O–H groups in total. The van der Waals surface area contributed by atoms with Gasteiger partial charge < -0.3 is 25.5 Å². The first-order chi connectivity index (χ1) is 20.8. The minimum atomic E-state index is -0.819. The second-order valence-corrected chi connectivity index (χ2v) is 10.2. The van der Waals surface area contributed by atoms with Crippen LogP contribution in [0.2, 0.25) is 5.02 Å². The van der Waals surface area contributed by atoms with E-state index in [2.05, 4.69) is 41.4 Å². The molecule has 2 aromatic carbocycles. The molecular formula is C28H28ClN9O5. The lowest BCUT2D eigenvalue weighted by Crippen LogP contribution is -2.21. The van der Waals surface area contributed by atoms with Gasteiger partial charge in [0.05, 0.1) is 48.6 Å². The van der Waals surface area contributed by atoms with Gasteiger partial charge in [-0.2, -0.15) is 4.68 Å². The molecule has 0 aliphatic carbocycles. The second-order valence-electron chi connectivity index (χ2n) is 9.74. The lowest BCUT2D eigenvalue weighted by Gasteiger charge is -2.18. The van der Waals surface area contributed by atoms with E-state index in [9.17, 15) is 19.5 Å². The summed E-state index contributed by atoms with van der Waals surface area (Å²) in [5, 5.41) is 30.2. The molecule has 4 aromatic rings. The summed E-state index contributed by atoms with van der Waals surface area (Å²) in [5.74, 6) is -0.244. The summed E-state index contributed by atoms with van der Waals surface area (Å²) in [4.78, 5) is 46.0. The third kappa shape index (κ3) is 7.42. The summed E-state index contributed by atoms with van der Waals surface area (Å²) in [6.45, 7) is 0. The molecule has 43 heavy (non-hydrogen) atoms. The number of nitrogens with one attached hydrogen (secondary N) is 4. The van der Waals surface area contributed by atoms with Crippen molar-refractivity contribution in [3.8, 4) is 16.9 Å². The number of amides is 3. The van der Waals surface area contributed by atoms with Crippen LogP contribution in [0.5, 0.6) is 0 Å². The predicted octanol–water partition coefficient (Wildman–Crippen LogP) is 3.95. The normalized spacial score (nSPS) is 15.4. The minimum absolute atomic E-state index is 0.116. The zero-order chi connectivity index (χ0) is 30.3. The number of fused-ring (bicyclic) bond motifs is 4. The number of nitrogens with zero attached hydrogens (tertiary/aromatic N) is 5. The van der Waals surface area contributed by atoms with Crippen molar-refractivity contribution in [2.45, 2.75) is 38.2 Å². The van der Waals surface area contributed by atoms with Crippen LogP contribution in [0, 0.1) is 0 Å². The molecule has 222 valence electrons. The van der Waals surface area contributed by atoms with Crippen LogP contribution in [0.1, 0.15) is 37.1 Å². The highest BCUT2D eigenvalue weighted by molar-refractivity contribution is 6.30. The van der Waals surface area contributed by atoms with Gasteiger partial charge in [-0.25, -0.2) is 9.78 Å². The Kier molecular flexibility index (Phi) is 9.08. The van der Waals surface area contributed by atoms with Crippen LogP contribution in [-0.4, -0.2) is 66.4 Å². The Morgan fingerprint density at radius 2 is 2.07 bits per heavy atom. The summed E-state index contributed by atoms with van der Waals surface area (Å²) in [6.07, 6.45) is 6.81. The average molecular weight is 606 g/mol. The van der Waals surface area contributed by atoms with E-state index in [1.54, 1.807) is 30.5 Å². The van der Waals surface area contributed by atoms with Crippen LogP contribution in [0.15, 0.2) is 48.9 Å². The first-order valence-corrected chi connectivity index (χ1v) is 13.7. The number of carbonyl (C=O) groups is 3. The zero-order valence-corrected chi connectivity index (χ0v) is 23.8. The van der Waals surface area contributed by atoms with Crippen LogP contribution in [0.25, 0.3) is 23.0 Å². The van der Waals surface area contributed by atoms with Crippen molar-refractivity contribution in [2.24, 2.45) is 0 Å². The Balaban J connectivity index is 1.54. The third-order valence-corrected chi connectivity index (χ3v) is 6.86. The molecule has 15 heteroatoms. The highest BCUT2D eigenvalue weighted by Crippen LogP contribution is 2.38. The third-order valence-electron chi connectivity index (χ3n) is 6.62. The number of H-pyrrole nitrogens is 1. The highest BCUT2D eigenvalue weighted by Gasteiger charge is 2.21. The quantitative estimate of drug-likeness (QED) is 0.210. The number of tetrazole rings is 1. The smallest absolute Gasteiger partial charge is 0.411 e. The van der Waals surface area contributed by atoms with E-state index in [1.807, 2.05) is 0 Å². The summed E-state index contributed by atoms with van der Waals surface area (Å²) in [6, 6.07) is 8.13. The Labute approximate surface area is 250 Å². The largest absolute Gasteiger partial charge is 0.453 e. The highest BCUT2D eigenvalue weighted by atomic mass is 35.5. The molecule has 14 nitrogen and oxygen atoms in total. The number of halogens is 1. The first kappa shape index (κ1) is 29.4. The molecule has 0 spiro atoms. The van der Waals surface area contributed by atoms with E-state index in [0.29, 0.717) is 46.2 Å². The zero-order valence-electron chi connectivity index (χ0n) is 23.0. The molecule has 2 bridgehead atoms. The maximum Gasteiger partial charge on any atom is 0.411 e. The standard InChI is InChI=1S/C28H28ClN9O5/c1-43-28(42)32-18-11-20(34-25(40)9-6-16-10-17(29)7-8-23(16)38-15-31-36-37-38)27-21(12-18)35-26(41)13-19(39)4-2-3-5-24-30-14-22(27)33-24/h6-12,14-15,19,39H,2-5,13H2,1H3,(H,30,33)(H,32,42)(H,34,40)(H,35,41)/t19-/m0/s1. The van der Waals surface area contributed by atoms with Gasteiger partial charge in [-0.05, 0) is 59.7 Å². The molecule has 5 rings (SSSR count). The fraction of sp³-hybridized carbons (Fsp3) is 0.250. The molecule has 1 aliphatic heterocycles. The fourth-order valence-corrected chi connectivity index (χ4v) is 4.84. The van der Waals surface area contributed by atoms with E-state index in [4.69, 9.17) is 16.3 Å². The Morgan fingerprint density at radius 3 is 2.86 bits per heavy atom. The molecule has 2 aromatic heterocycles. The SMILES string of the molecule is COC(=O)Nc1cc(NC(=O)C=Cc2cc(Cl)ccc2-n2cnnn2)c2c(c1)NC(=O)C[C@@H](O)CCCCc1ncc-2[nH]1.